The third-order valence-electron chi connectivity index (χ3n) is 15.1. The number of aromatic nitrogens is 8. The number of nitrogens with zero attached hydrogens (tertiary/aromatic N) is 15. The summed E-state index contributed by atoms with van der Waals surface area (Å²) >= 11 is 0. The normalized spacial score (nSPS) is 12.7. The van der Waals surface area contributed by atoms with E-state index in [2.05, 4.69) is 60.7 Å². The third kappa shape index (κ3) is 23.3. The molecule has 31 nitrogen and oxygen atoms in total. The lowest BCUT2D eigenvalue weighted by Gasteiger charge is -2.32. The Labute approximate surface area is 603 Å². The Kier molecular flexibility index (Phi) is 33.3. The number of likely N-dealkylation sites (N-methyl/N-ethyl adjacent to an activating group) is 1. The predicted octanol–water partition coefficient (Wildman–Crippen LogP) is 6.23. The van der Waals surface area contributed by atoms with Gasteiger partial charge in [-0.2, -0.15) is 30.9 Å². The summed E-state index contributed by atoms with van der Waals surface area (Å²) in [5.41, 5.74) is 10.2. The maximum absolute atomic E-state index is 12.8. The summed E-state index contributed by atoms with van der Waals surface area (Å²) < 4.78 is 1.36. The lowest BCUT2D eigenvalue weighted by Crippen LogP contribution is -3.11. The Morgan fingerprint density at radius 1 is 0.702 bits per heavy atom. The van der Waals surface area contributed by atoms with E-state index in [0.29, 0.717) is 111 Å². The minimum Gasteiger partial charge on any atom is -0.872 e. The molecule has 542 valence electrons. The van der Waals surface area contributed by atoms with Crippen molar-refractivity contribution in [2.45, 2.75) is 80.1 Å². The first-order valence-electron chi connectivity index (χ1n) is 32.5. The maximum atomic E-state index is 12.8. The number of H-pyrrole nitrogens is 3. The number of rotatable bonds is 21. The molecule has 8 aromatic rings. The van der Waals surface area contributed by atoms with Gasteiger partial charge in [-0.3, -0.25) is 49.1 Å². The van der Waals surface area contributed by atoms with Gasteiger partial charge in [0.25, 0.3) is 0 Å². The number of nitriles is 2. The summed E-state index contributed by atoms with van der Waals surface area (Å²) in [7, 11) is 8.68. The SMILES string of the molecule is CCN(C(C)=O)c1cccc(C(=O)/C=C/[NH+](C)C)c1.CCN(C(C)=O)c1cccc(C2(O)CC=Nc3c(C#N)cnn32)c1.CO.N#Cc1cn[nH]c1N.[C-]#[N+]c1cn[nH]c1N=CCC(=O)c1cccc(N(CC)C(C)=O)c1.[C-]#[N+]c1cn[nH]c1NC(C=C([O-])c1cccc(N(CC)C(C)=O)c1)[NH+](C)C. The van der Waals surface area contributed by atoms with Crippen LogP contribution in [0.2, 0.25) is 0 Å². The van der Waals surface area contributed by atoms with Gasteiger partial charge in [0.2, 0.25) is 35.0 Å². The zero-order chi connectivity index (χ0) is 77.2. The summed E-state index contributed by atoms with van der Waals surface area (Å²) in [5.74, 6) is 0.875. The van der Waals surface area contributed by atoms with Crippen molar-refractivity contribution in [2.24, 2.45) is 9.98 Å². The highest BCUT2D eigenvalue weighted by Gasteiger charge is 2.37. The van der Waals surface area contributed by atoms with Gasteiger partial charge in [-0.25, -0.2) is 19.4 Å². The molecule has 0 radical (unpaired) electrons. The first-order chi connectivity index (χ1) is 49.7. The molecule has 4 aromatic heterocycles. The standard InChI is InChI=1S/C19H24N6O2.2C17H17N5O2.C15H20N2O2.C4H4N4.CH4O/c1-6-25(13(2)26)15-9-7-8-14(10-15)17(27)11-18(24(4)5)22-19-16(20-3)12-21-23-19;1-3-21(12(2)23)15-6-4-5-14(9-15)17(24)7-8-19-16-13(10-18)11-20-22(16)17;1-4-22(12(2)23)14-7-5-6-13(10-14)16(24)8-9-19-17-15(18-3)11-20-21-17;1-5-17(12(2)18)14-8-6-7-13(11-14)15(19)9-10-16(3)4;5-1-3-2-7-8-4(3)6;1-2/h7-12,18,27H,6H2,1-2,4-5H3,(H2,21,22,23);4-6,8-9,11,24H,3,7H2,1-2H3;5-7,9-11H,4,8H2,1-2H3,(H,20,21);6-11H,5H2,1-4H3;2H,(H3,6,7,8);2H,1H3/p+1/b;;;10-9+;;. The van der Waals surface area contributed by atoms with Crippen molar-refractivity contribution >= 4 is 111 Å². The third-order valence-corrected chi connectivity index (χ3v) is 15.1. The number of quaternary nitrogens is 2. The highest BCUT2D eigenvalue weighted by Crippen LogP contribution is 2.37. The number of ketones is 2. The molecule has 10 N–H and O–H groups in total. The molecular weight excluding hydrogens is 1330 g/mol. The predicted molar refractivity (Wildman–Crippen MR) is 397 cm³/mol. The highest BCUT2D eigenvalue weighted by atomic mass is 16.3. The molecule has 1 aliphatic rings. The van der Waals surface area contributed by atoms with E-state index in [-0.39, 0.29) is 60.0 Å². The molecule has 5 heterocycles. The average molecular weight is 1420 g/mol. The number of fused-ring (bicyclic) bond motifs is 1. The number of carbonyl (C=O) groups excluding carboxylic acids is 6. The number of benzene rings is 4. The van der Waals surface area contributed by atoms with Crippen molar-refractivity contribution < 1.29 is 53.9 Å². The quantitative estimate of drug-likeness (QED) is 0.00961. The van der Waals surface area contributed by atoms with Crippen molar-refractivity contribution in [1.82, 2.24) is 40.4 Å². The second kappa shape index (κ2) is 41.5. The molecule has 0 saturated carbocycles. The summed E-state index contributed by atoms with van der Waals surface area (Å²) in [4.78, 5) is 94.3. The lowest BCUT2D eigenvalue weighted by atomic mass is 9.98. The Bertz CT molecular complexity index is 4530. The van der Waals surface area contributed by atoms with Crippen LogP contribution in [0.25, 0.3) is 15.4 Å². The number of Topliss-reactive ketones (excluding diaryl/α,β-unsaturated/α-hetero) is 1. The minimum atomic E-state index is -1.45. The monoisotopic (exact) mass is 1420 g/mol. The second-order valence-electron chi connectivity index (χ2n) is 22.7. The molecule has 104 heavy (non-hydrogen) atoms. The molecule has 0 spiro atoms. The van der Waals surface area contributed by atoms with Gasteiger partial charge < -0.3 is 55.8 Å². The average Bonchev–Trinajstić information content (AvgIpc) is 1.51. The number of carbonyl (C=O) groups is 6. The summed E-state index contributed by atoms with van der Waals surface area (Å²) in [6.45, 7) is 29.9. The largest absolute Gasteiger partial charge is 0.872 e. The summed E-state index contributed by atoms with van der Waals surface area (Å²) in [6.07, 6.45) is 13.5. The number of aromatic amines is 3. The van der Waals surface area contributed by atoms with Crippen LogP contribution in [0, 0.1) is 35.8 Å². The van der Waals surface area contributed by atoms with Crippen LogP contribution in [0.5, 0.6) is 0 Å². The number of aliphatic hydroxyl groups excluding tert-OH is 1. The summed E-state index contributed by atoms with van der Waals surface area (Å²) in [5, 5.41) is 74.5. The fourth-order valence-electron chi connectivity index (χ4n) is 9.91. The Balaban J connectivity index is 0.000000282. The Morgan fingerprint density at radius 3 is 1.66 bits per heavy atom. The number of hydrogen-bond acceptors (Lipinski definition) is 19. The first kappa shape index (κ1) is 83.4. The fourth-order valence-corrected chi connectivity index (χ4v) is 9.91. The van der Waals surface area contributed by atoms with E-state index in [4.69, 9.17) is 34.5 Å². The van der Waals surface area contributed by atoms with E-state index < -0.39 is 5.72 Å². The van der Waals surface area contributed by atoms with Gasteiger partial charge in [-0.05, 0) is 87.9 Å². The van der Waals surface area contributed by atoms with E-state index in [9.17, 15) is 39.0 Å². The number of nitrogens with one attached hydrogen (secondary N) is 6. The van der Waals surface area contributed by atoms with Crippen LogP contribution in [0.15, 0.2) is 150 Å². The molecule has 31 heteroatoms. The topological polar surface area (TPSA) is 411 Å². The summed E-state index contributed by atoms with van der Waals surface area (Å²) in [6, 6.07) is 32.1. The van der Waals surface area contributed by atoms with Crippen molar-refractivity contribution in [2.75, 3.05) is 92.1 Å². The van der Waals surface area contributed by atoms with E-state index >= 15 is 0 Å². The van der Waals surface area contributed by atoms with Crippen LogP contribution in [-0.2, 0) is 24.9 Å². The number of aliphatic hydroxyl groups is 2. The minimum absolute atomic E-state index is 0.0274. The molecule has 2 atom stereocenters. The van der Waals surface area contributed by atoms with Gasteiger partial charge in [0, 0.05) is 132 Å². The molecule has 0 fully saturated rings. The van der Waals surface area contributed by atoms with Gasteiger partial charge in [-0.1, -0.05) is 54.3 Å². The zero-order valence-corrected chi connectivity index (χ0v) is 60.3. The number of hydrogen-bond donors (Lipinski definition) is 9. The smallest absolute Gasteiger partial charge is 0.249 e. The molecule has 4 amide bonds. The molecule has 1 aliphatic heterocycles. The number of allylic oxidation sites excluding steroid dienone is 1. The van der Waals surface area contributed by atoms with Crippen LogP contribution in [-0.4, -0.2) is 166 Å². The van der Waals surface area contributed by atoms with E-state index in [1.807, 2.05) is 80.2 Å². The van der Waals surface area contributed by atoms with E-state index in [1.54, 1.807) is 129 Å². The Morgan fingerprint density at radius 2 is 1.18 bits per heavy atom. The number of anilines is 6. The van der Waals surface area contributed by atoms with Crippen molar-refractivity contribution in [3.63, 3.8) is 0 Å². The molecule has 0 aliphatic carbocycles. The van der Waals surface area contributed by atoms with Gasteiger partial charge in [0.1, 0.15) is 34.9 Å². The van der Waals surface area contributed by atoms with Gasteiger partial charge in [0.15, 0.2) is 35.1 Å². The van der Waals surface area contributed by atoms with Gasteiger partial charge in [-0.15, -0.1) is 0 Å². The van der Waals surface area contributed by atoms with Crippen LogP contribution >= 0.6 is 0 Å². The number of amides is 4. The van der Waals surface area contributed by atoms with Crippen molar-refractivity contribution in [1.29, 1.82) is 10.5 Å². The van der Waals surface area contributed by atoms with E-state index in [1.165, 1.54) is 63.4 Å². The number of aliphatic imine (C=N–C) groups is 2. The zero-order valence-electron chi connectivity index (χ0n) is 60.3. The number of nitrogens with two attached hydrogens (primary N) is 1. The fraction of sp³-hybridized carbons (Fsp3) is 0.288. The highest BCUT2D eigenvalue weighted by molar-refractivity contribution is 6.06. The second-order valence-corrected chi connectivity index (χ2v) is 22.7. The first-order valence-corrected chi connectivity index (χ1v) is 32.5. The molecular formula is C73H87N22O9+. The number of nitrogen functional groups attached to an aromatic ring is 1. The van der Waals surface area contributed by atoms with Crippen LogP contribution < -0.4 is 45.6 Å². The molecule has 0 bridgehead atoms. The molecule has 2 unspecified atom stereocenters. The maximum Gasteiger partial charge on any atom is 0.249 e. The van der Waals surface area contributed by atoms with Crippen LogP contribution in [0.3, 0.4) is 0 Å². The lowest BCUT2D eigenvalue weighted by molar-refractivity contribution is -0.874. The molecule has 9 rings (SSSR count). The Hall–Kier alpha value is -13.0. The van der Waals surface area contributed by atoms with Crippen molar-refractivity contribution in [3.8, 4) is 12.1 Å². The van der Waals surface area contributed by atoms with Gasteiger partial charge in [0.05, 0.1) is 72.3 Å². The van der Waals surface area contributed by atoms with Crippen LogP contribution in [0.4, 0.5) is 57.4 Å². The van der Waals surface area contributed by atoms with E-state index in [0.717, 1.165) is 22.6 Å². The van der Waals surface area contributed by atoms with Crippen LogP contribution in [0.1, 0.15) is 111 Å². The van der Waals surface area contributed by atoms with Gasteiger partial charge >= 0.3 is 0 Å². The van der Waals surface area contributed by atoms with Crippen molar-refractivity contribution in [3.05, 3.63) is 196 Å². The molecule has 0 saturated heterocycles. The molecule has 4 aromatic carbocycles.